The maximum Gasteiger partial charge on any atom is 0.307 e. The van der Waals surface area contributed by atoms with Crippen LogP contribution in [0.15, 0.2) is 17.1 Å². The van der Waals surface area contributed by atoms with Gasteiger partial charge in [-0.1, -0.05) is 0 Å². The van der Waals surface area contributed by atoms with Crippen LogP contribution in [-0.2, 0) is 11.3 Å². The summed E-state index contributed by atoms with van der Waals surface area (Å²) >= 11 is 0. The quantitative estimate of drug-likeness (QED) is 0.332. The van der Waals surface area contributed by atoms with E-state index in [9.17, 15) is 23.7 Å². The van der Waals surface area contributed by atoms with Gasteiger partial charge in [0.05, 0.1) is 17.5 Å². The Morgan fingerprint density at radius 1 is 1.40 bits per heavy atom. The fourth-order valence-corrected chi connectivity index (χ4v) is 0.956. The van der Waals surface area contributed by atoms with E-state index in [0.29, 0.717) is 12.1 Å². The SMILES string of the molecule is O=C=NCc1cc(F)c([N+](=O)[O-])cc1F. The van der Waals surface area contributed by atoms with Gasteiger partial charge in [0.1, 0.15) is 5.82 Å². The van der Waals surface area contributed by atoms with Gasteiger partial charge in [-0.25, -0.2) is 14.2 Å². The summed E-state index contributed by atoms with van der Waals surface area (Å²) < 4.78 is 26.0. The minimum atomic E-state index is -1.17. The van der Waals surface area contributed by atoms with Crippen molar-refractivity contribution in [2.45, 2.75) is 6.54 Å². The zero-order valence-electron chi connectivity index (χ0n) is 7.24. The zero-order valence-corrected chi connectivity index (χ0v) is 7.24. The minimum Gasteiger partial charge on any atom is -0.258 e. The Labute approximate surface area is 82.2 Å². The number of rotatable bonds is 3. The summed E-state index contributed by atoms with van der Waals surface area (Å²) in [5.41, 5.74) is -1.19. The van der Waals surface area contributed by atoms with E-state index in [1.54, 1.807) is 0 Å². The predicted molar refractivity (Wildman–Crippen MR) is 44.8 cm³/mol. The number of benzene rings is 1. The average molecular weight is 214 g/mol. The van der Waals surface area contributed by atoms with Gasteiger partial charge in [0.2, 0.25) is 11.9 Å². The van der Waals surface area contributed by atoms with Gasteiger partial charge in [-0.2, -0.15) is 4.39 Å². The van der Waals surface area contributed by atoms with Crippen LogP contribution in [0.1, 0.15) is 5.56 Å². The first-order valence-electron chi connectivity index (χ1n) is 3.72. The monoisotopic (exact) mass is 214 g/mol. The number of carbonyl (C=O) groups excluding carboxylic acids is 1. The second-order valence-corrected chi connectivity index (χ2v) is 2.56. The lowest BCUT2D eigenvalue weighted by Crippen LogP contribution is -1.97. The molecule has 1 aromatic carbocycles. The van der Waals surface area contributed by atoms with Crippen molar-refractivity contribution in [3.05, 3.63) is 39.4 Å². The molecule has 0 aliphatic heterocycles. The number of aliphatic imine (C=N–C) groups is 1. The molecule has 0 aliphatic carbocycles. The maximum absolute atomic E-state index is 13.1. The third-order valence-corrected chi connectivity index (χ3v) is 1.63. The Morgan fingerprint density at radius 3 is 2.60 bits per heavy atom. The molecular formula is C8H4F2N2O3. The molecule has 7 heteroatoms. The summed E-state index contributed by atoms with van der Waals surface area (Å²) in [6, 6.07) is 1.08. The molecule has 1 aromatic rings. The van der Waals surface area contributed by atoms with Crippen LogP contribution in [0.25, 0.3) is 0 Å². The van der Waals surface area contributed by atoms with E-state index in [-0.39, 0.29) is 5.56 Å². The first-order valence-corrected chi connectivity index (χ1v) is 3.72. The van der Waals surface area contributed by atoms with E-state index < -0.39 is 28.8 Å². The number of halogens is 2. The molecule has 0 amide bonds. The van der Waals surface area contributed by atoms with Gasteiger partial charge in [0.15, 0.2) is 0 Å². The number of hydrogen-bond donors (Lipinski definition) is 0. The van der Waals surface area contributed by atoms with Crippen molar-refractivity contribution in [3.8, 4) is 0 Å². The summed E-state index contributed by atoms with van der Waals surface area (Å²) in [5.74, 6) is -2.15. The Morgan fingerprint density at radius 2 is 2.07 bits per heavy atom. The summed E-state index contributed by atoms with van der Waals surface area (Å²) in [6.45, 7) is -0.399. The maximum atomic E-state index is 13.1. The molecule has 0 spiro atoms. The van der Waals surface area contributed by atoms with Gasteiger partial charge in [-0.15, -0.1) is 0 Å². The van der Waals surface area contributed by atoms with Crippen molar-refractivity contribution < 1.29 is 18.5 Å². The van der Waals surface area contributed by atoms with E-state index in [2.05, 4.69) is 4.99 Å². The largest absolute Gasteiger partial charge is 0.307 e. The van der Waals surface area contributed by atoms with Crippen LogP contribution in [-0.4, -0.2) is 11.0 Å². The first kappa shape index (κ1) is 10.9. The molecule has 0 N–H and O–H groups in total. The van der Waals surface area contributed by atoms with Gasteiger partial charge in [-0.3, -0.25) is 10.1 Å². The molecular weight excluding hydrogens is 210 g/mol. The molecule has 1 rings (SSSR count). The third kappa shape index (κ3) is 2.41. The van der Waals surface area contributed by atoms with Crippen molar-refractivity contribution in [1.29, 1.82) is 0 Å². The van der Waals surface area contributed by atoms with Crippen molar-refractivity contribution in [2.75, 3.05) is 0 Å². The molecule has 0 fully saturated rings. The summed E-state index contributed by atoms with van der Waals surface area (Å²) in [6.07, 6.45) is 1.15. The topological polar surface area (TPSA) is 72.6 Å². The highest BCUT2D eigenvalue weighted by atomic mass is 19.1. The van der Waals surface area contributed by atoms with Gasteiger partial charge < -0.3 is 0 Å². The number of hydrogen-bond acceptors (Lipinski definition) is 4. The van der Waals surface area contributed by atoms with Crippen LogP contribution in [0.2, 0.25) is 0 Å². The summed E-state index contributed by atoms with van der Waals surface area (Å²) in [7, 11) is 0. The van der Waals surface area contributed by atoms with Crippen molar-refractivity contribution in [1.82, 2.24) is 0 Å². The highest BCUT2D eigenvalue weighted by molar-refractivity contribution is 5.38. The lowest BCUT2D eigenvalue weighted by atomic mass is 10.2. The van der Waals surface area contributed by atoms with Crippen LogP contribution in [0.5, 0.6) is 0 Å². The smallest absolute Gasteiger partial charge is 0.258 e. The van der Waals surface area contributed by atoms with Crippen LogP contribution < -0.4 is 0 Å². The van der Waals surface area contributed by atoms with Crippen LogP contribution in [0.4, 0.5) is 14.5 Å². The molecule has 0 heterocycles. The van der Waals surface area contributed by atoms with Crippen LogP contribution in [0, 0.1) is 21.7 Å². The second-order valence-electron chi connectivity index (χ2n) is 2.56. The number of nitrogens with zero attached hydrogens (tertiary/aromatic N) is 2. The van der Waals surface area contributed by atoms with Gasteiger partial charge in [0.25, 0.3) is 0 Å². The Bertz CT molecular complexity index is 455. The Hall–Kier alpha value is -2.14. The standard InChI is InChI=1S/C8H4F2N2O3/c9-6-2-8(12(14)15)7(10)1-5(6)3-11-4-13/h1-2H,3H2. The summed E-state index contributed by atoms with van der Waals surface area (Å²) in [5, 5.41) is 10.2. The predicted octanol–water partition coefficient (Wildman–Crippen LogP) is 1.71. The van der Waals surface area contributed by atoms with Gasteiger partial charge in [-0.05, 0) is 6.07 Å². The van der Waals surface area contributed by atoms with Gasteiger partial charge in [0, 0.05) is 5.56 Å². The van der Waals surface area contributed by atoms with E-state index in [4.69, 9.17) is 0 Å². The Balaban J connectivity index is 3.18. The fraction of sp³-hybridized carbons (Fsp3) is 0.125. The molecule has 0 aromatic heterocycles. The average Bonchev–Trinajstić information content (AvgIpc) is 2.18. The third-order valence-electron chi connectivity index (χ3n) is 1.63. The molecule has 5 nitrogen and oxygen atoms in total. The lowest BCUT2D eigenvalue weighted by Gasteiger charge is -1.99. The van der Waals surface area contributed by atoms with E-state index in [0.717, 1.165) is 6.08 Å². The molecule has 15 heavy (non-hydrogen) atoms. The van der Waals surface area contributed by atoms with Gasteiger partial charge >= 0.3 is 5.69 Å². The molecule has 0 bridgehead atoms. The first-order chi connectivity index (χ1) is 7.06. The normalized spacial score (nSPS) is 9.47. The van der Waals surface area contributed by atoms with Crippen molar-refractivity contribution in [2.24, 2.45) is 4.99 Å². The van der Waals surface area contributed by atoms with Crippen LogP contribution in [0.3, 0.4) is 0 Å². The van der Waals surface area contributed by atoms with E-state index >= 15 is 0 Å². The molecule has 0 aliphatic rings. The molecule has 78 valence electrons. The highest BCUT2D eigenvalue weighted by Crippen LogP contribution is 2.21. The second kappa shape index (κ2) is 4.39. The molecule has 0 saturated heterocycles. The lowest BCUT2D eigenvalue weighted by molar-refractivity contribution is -0.387. The number of nitro benzene ring substituents is 1. The van der Waals surface area contributed by atoms with Crippen molar-refractivity contribution in [3.63, 3.8) is 0 Å². The molecule has 0 atom stereocenters. The molecule has 0 unspecified atom stereocenters. The van der Waals surface area contributed by atoms with Crippen LogP contribution >= 0.6 is 0 Å². The number of isocyanates is 1. The molecule has 0 saturated carbocycles. The molecule has 0 radical (unpaired) electrons. The zero-order chi connectivity index (χ0) is 11.4. The van der Waals surface area contributed by atoms with E-state index in [1.807, 2.05) is 0 Å². The van der Waals surface area contributed by atoms with Crippen molar-refractivity contribution >= 4 is 11.8 Å². The van der Waals surface area contributed by atoms with E-state index in [1.165, 1.54) is 0 Å². The highest BCUT2D eigenvalue weighted by Gasteiger charge is 2.17. The summed E-state index contributed by atoms with van der Waals surface area (Å²) in [4.78, 5) is 21.9. The minimum absolute atomic E-state index is 0.235. The number of nitro groups is 1. The fourth-order valence-electron chi connectivity index (χ4n) is 0.956. The Kier molecular flexibility index (Phi) is 3.20.